The minimum absolute atomic E-state index is 0.0964. The molecule has 1 unspecified atom stereocenters. The van der Waals surface area contributed by atoms with Gasteiger partial charge < -0.3 is 4.74 Å². The van der Waals surface area contributed by atoms with Gasteiger partial charge in [-0.2, -0.15) is 0 Å². The lowest BCUT2D eigenvalue weighted by Crippen LogP contribution is -2.22. The molecule has 0 aliphatic carbocycles. The number of hydrogen-bond donors (Lipinski definition) is 0. The summed E-state index contributed by atoms with van der Waals surface area (Å²) in [6.45, 7) is 1.06. The highest BCUT2D eigenvalue weighted by Crippen LogP contribution is 2.29. The van der Waals surface area contributed by atoms with Gasteiger partial charge in [0.05, 0.1) is 5.56 Å². The second-order valence-electron chi connectivity index (χ2n) is 2.99. The van der Waals surface area contributed by atoms with Gasteiger partial charge >= 0.3 is 0 Å². The van der Waals surface area contributed by atoms with Crippen LogP contribution in [-0.2, 0) is 0 Å². The van der Waals surface area contributed by atoms with Gasteiger partial charge in [0, 0.05) is 0 Å². The van der Waals surface area contributed by atoms with Gasteiger partial charge in [0.15, 0.2) is 6.10 Å². The van der Waals surface area contributed by atoms with Crippen molar-refractivity contribution in [1.82, 2.24) is 4.98 Å². The first-order valence-electron chi connectivity index (χ1n) is 4.31. The lowest BCUT2D eigenvalue weighted by Gasteiger charge is -2.15. The monoisotopic (exact) mass is 257 g/mol. The smallest absolute Gasteiger partial charge is 0.274 e. The summed E-state index contributed by atoms with van der Waals surface area (Å²) in [5.41, 5.74) is -0.558. The van der Waals surface area contributed by atoms with E-state index in [0.29, 0.717) is 0 Å². The number of halogens is 5. The predicted molar refractivity (Wildman–Crippen MR) is 50.3 cm³/mol. The first-order valence-corrected chi connectivity index (χ1v) is 4.69. The molecule has 0 N–H and O–H groups in total. The van der Waals surface area contributed by atoms with Crippen LogP contribution in [0.4, 0.5) is 17.6 Å². The largest absolute Gasteiger partial charge is 0.468 e. The van der Waals surface area contributed by atoms with Crippen LogP contribution in [0.5, 0.6) is 5.88 Å². The summed E-state index contributed by atoms with van der Waals surface area (Å²) in [4.78, 5) is 3.45. The maximum Gasteiger partial charge on any atom is 0.274 e. The summed E-state index contributed by atoms with van der Waals surface area (Å²) in [6, 6.07) is 2.14. The van der Waals surface area contributed by atoms with Gasteiger partial charge in [-0.3, -0.25) is 0 Å². The Morgan fingerprint density at radius 1 is 1.25 bits per heavy atom. The molecular weight excluding hydrogens is 250 g/mol. The number of aromatic nitrogens is 1. The number of alkyl halides is 4. The lowest BCUT2D eigenvalue weighted by molar-refractivity contribution is 0.0172. The third kappa shape index (κ3) is 3.23. The fourth-order valence-electron chi connectivity index (χ4n) is 0.917. The molecule has 1 aromatic heterocycles. The molecule has 90 valence electrons. The number of rotatable bonds is 4. The normalized spacial score (nSPS) is 13.2. The predicted octanol–water partition coefficient (Wildman–Crippen LogP) is 3.71. The van der Waals surface area contributed by atoms with Gasteiger partial charge in [-0.15, -0.1) is 0 Å². The molecule has 1 rings (SSSR count). The van der Waals surface area contributed by atoms with Gasteiger partial charge in [0.2, 0.25) is 5.88 Å². The van der Waals surface area contributed by atoms with Crippen molar-refractivity contribution in [2.24, 2.45) is 0 Å². The Kier molecular flexibility index (Phi) is 4.35. The van der Waals surface area contributed by atoms with E-state index in [1.807, 2.05) is 0 Å². The molecule has 0 amide bonds. The van der Waals surface area contributed by atoms with Crippen LogP contribution in [0.2, 0.25) is 5.15 Å². The molecule has 0 saturated heterocycles. The molecule has 0 aromatic carbocycles. The van der Waals surface area contributed by atoms with E-state index in [9.17, 15) is 17.6 Å². The van der Waals surface area contributed by atoms with Crippen molar-refractivity contribution in [3.8, 4) is 5.88 Å². The molecule has 1 aromatic rings. The quantitative estimate of drug-likeness (QED) is 0.606. The number of pyridine rings is 1. The van der Waals surface area contributed by atoms with Crippen molar-refractivity contribution in [1.29, 1.82) is 0 Å². The van der Waals surface area contributed by atoms with Crippen molar-refractivity contribution in [3.63, 3.8) is 0 Å². The van der Waals surface area contributed by atoms with Crippen LogP contribution in [0.3, 0.4) is 0 Å². The summed E-state index contributed by atoms with van der Waals surface area (Å²) < 4.78 is 53.9. The van der Waals surface area contributed by atoms with E-state index >= 15 is 0 Å². The van der Waals surface area contributed by atoms with Crippen molar-refractivity contribution in [3.05, 3.63) is 22.8 Å². The number of hydrogen-bond acceptors (Lipinski definition) is 2. The third-order valence-corrected chi connectivity index (χ3v) is 1.95. The van der Waals surface area contributed by atoms with Crippen LogP contribution < -0.4 is 4.74 Å². The summed E-state index contributed by atoms with van der Waals surface area (Å²) in [5, 5.41) is -0.0964. The van der Waals surface area contributed by atoms with Crippen LogP contribution >= 0.6 is 11.6 Å². The van der Waals surface area contributed by atoms with Crippen molar-refractivity contribution in [2.75, 3.05) is 0 Å². The van der Waals surface area contributed by atoms with E-state index in [0.717, 1.165) is 19.1 Å². The first kappa shape index (κ1) is 13.0. The Morgan fingerprint density at radius 2 is 1.88 bits per heavy atom. The Bertz CT molecular complexity index is 361. The van der Waals surface area contributed by atoms with Crippen molar-refractivity contribution < 1.29 is 22.3 Å². The van der Waals surface area contributed by atoms with Crippen LogP contribution in [0.15, 0.2) is 12.1 Å². The fraction of sp³-hybridized carbons (Fsp3) is 0.444. The van der Waals surface area contributed by atoms with Crippen LogP contribution in [0.25, 0.3) is 0 Å². The zero-order chi connectivity index (χ0) is 12.3. The molecule has 1 heterocycles. The Morgan fingerprint density at radius 3 is 2.38 bits per heavy atom. The highest BCUT2D eigenvalue weighted by atomic mass is 35.5. The average molecular weight is 258 g/mol. The van der Waals surface area contributed by atoms with Crippen LogP contribution in [0, 0.1) is 0 Å². The maximum absolute atomic E-state index is 12.5. The zero-order valence-corrected chi connectivity index (χ0v) is 8.89. The molecule has 0 aliphatic rings. The van der Waals surface area contributed by atoms with E-state index in [1.54, 1.807) is 0 Å². The van der Waals surface area contributed by atoms with Gasteiger partial charge in [-0.05, 0) is 19.1 Å². The van der Waals surface area contributed by atoms with E-state index in [2.05, 4.69) is 9.72 Å². The molecule has 2 nitrogen and oxygen atoms in total. The standard InChI is InChI=1S/C9H8ClF4NO/c1-4(7(11)12)16-9-5(8(13)14)2-3-6(10)15-9/h2-4,7-8H,1H3. The molecule has 0 radical (unpaired) electrons. The van der Waals surface area contributed by atoms with Gasteiger partial charge in [-0.25, -0.2) is 22.5 Å². The summed E-state index contributed by atoms with van der Waals surface area (Å²) in [5.74, 6) is -0.560. The topological polar surface area (TPSA) is 22.1 Å². The Labute approximate surface area is 94.2 Å². The minimum Gasteiger partial charge on any atom is -0.468 e. The van der Waals surface area contributed by atoms with E-state index in [4.69, 9.17) is 11.6 Å². The van der Waals surface area contributed by atoms with Crippen molar-refractivity contribution >= 4 is 11.6 Å². The Hall–Kier alpha value is -1.04. The van der Waals surface area contributed by atoms with Gasteiger partial charge in [-0.1, -0.05) is 11.6 Å². The fourth-order valence-corrected chi connectivity index (χ4v) is 1.06. The van der Waals surface area contributed by atoms with E-state index in [1.165, 1.54) is 0 Å². The second-order valence-corrected chi connectivity index (χ2v) is 3.37. The Balaban J connectivity index is 2.96. The van der Waals surface area contributed by atoms with Crippen LogP contribution in [0.1, 0.15) is 18.9 Å². The SMILES string of the molecule is CC(Oc1nc(Cl)ccc1C(F)F)C(F)F. The summed E-state index contributed by atoms with van der Waals surface area (Å²) in [7, 11) is 0. The highest BCUT2D eigenvalue weighted by molar-refractivity contribution is 6.29. The molecular formula is C9H8ClF4NO. The molecule has 16 heavy (non-hydrogen) atoms. The number of ether oxygens (including phenoxy) is 1. The van der Waals surface area contributed by atoms with E-state index < -0.39 is 30.4 Å². The molecule has 0 fully saturated rings. The average Bonchev–Trinajstić information content (AvgIpc) is 2.16. The van der Waals surface area contributed by atoms with Crippen molar-refractivity contribution in [2.45, 2.75) is 25.9 Å². The highest BCUT2D eigenvalue weighted by Gasteiger charge is 2.22. The van der Waals surface area contributed by atoms with Gasteiger partial charge in [0.25, 0.3) is 12.9 Å². The summed E-state index contributed by atoms with van der Waals surface area (Å²) >= 11 is 5.46. The number of nitrogens with zero attached hydrogens (tertiary/aromatic N) is 1. The zero-order valence-electron chi connectivity index (χ0n) is 8.13. The molecule has 0 spiro atoms. The summed E-state index contributed by atoms with van der Waals surface area (Å²) in [6.07, 6.45) is -7.17. The minimum atomic E-state index is -2.86. The molecule has 7 heteroatoms. The first-order chi connectivity index (χ1) is 7.41. The molecule has 0 bridgehead atoms. The van der Waals surface area contributed by atoms with E-state index in [-0.39, 0.29) is 5.15 Å². The molecule has 0 aliphatic heterocycles. The van der Waals surface area contributed by atoms with Gasteiger partial charge in [0.1, 0.15) is 5.15 Å². The maximum atomic E-state index is 12.5. The second kappa shape index (κ2) is 5.34. The lowest BCUT2D eigenvalue weighted by atomic mass is 10.3. The molecule has 0 saturated carbocycles. The van der Waals surface area contributed by atoms with Crippen LogP contribution in [-0.4, -0.2) is 17.5 Å². The third-order valence-electron chi connectivity index (χ3n) is 1.74. The molecule has 1 atom stereocenters.